The van der Waals surface area contributed by atoms with Gasteiger partial charge in [0.2, 0.25) is 0 Å². The van der Waals surface area contributed by atoms with Crippen molar-refractivity contribution in [3.05, 3.63) is 48.0 Å². The van der Waals surface area contributed by atoms with E-state index in [0.717, 1.165) is 5.69 Å². The molecule has 0 radical (unpaired) electrons. The third-order valence-electron chi connectivity index (χ3n) is 4.31. The Morgan fingerprint density at radius 3 is 2.31 bits per heavy atom. The van der Waals surface area contributed by atoms with Gasteiger partial charge in [-0.15, -0.1) is 0 Å². The summed E-state index contributed by atoms with van der Waals surface area (Å²) in [7, 11) is 3.68. The first-order chi connectivity index (χ1) is 12.6. The van der Waals surface area contributed by atoms with Crippen LogP contribution in [-0.2, 0) is 0 Å². The van der Waals surface area contributed by atoms with Crippen molar-refractivity contribution in [1.29, 1.82) is 0 Å². The van der Waals surface area contributed by atoms with E-state index in [1.165, 1.54) is 44.2 Å². The van der Waals surface area contributed by atoms with Crippen molar-refractivity contribution in [2.45, 2.75) is 52.0 Å². The fourth-order valence-electron chi connectivity index (χ4n) is 2.92. The third kappa shape index (κ3) is 6.50. The molecule has 0 bridgehead atoms. The molecule has 0 spiro atoms. The molecule has 0 aliphatic heterocycles. The lowest BCUT2D eigenvalue weighted by molar-refractivity contribution is 0.0958. The Morgan fingerprint density at radius 1 is 1.19 bits per heavy atom. The number of anilines is 1. The Bertz CT molecular complexity index is 624. The number of hydrogen-bond donors (Lipinski definition) is 2. The molecule has 26 heavy (non-hydrogen) atoms. The van der Waals surface area contributed by atoms with E-state index in [-0.39, 0.29) is 11.7 Å². The average Bonchev–Trinajstić information content (AvgIpc) is 3.20. The zero-order chi connectivity index (χ0) is 19.4. The first kappa shape index (κ1) is 21.7. The van der Waals surface area contributed by atoms with Gasteiger partial charge >= 0.3 is 0 Å². The van der Waals surface area contributed by atoms with E-state index in [1.807, 2.05) is 20.9 Å². The Morgan fingerprint density at radius 2 is 1.81 bits per heavy atom. The van der Waals surface area contributed by atoms with Crippen molar-refractivity contribution in [3.63, 3.8) is 0 Å². The van der Waals surface area contributed by atoms with Gasteiger partial charge in [0.25, 0.3) is 5.91 Å². The summed E-state index contributed by atoms with van der Waals surface area (Å²) in [6, 6.07) is 8.47. The summed E-state index contributed by atoms with van der Waals surface area (Å²) in [5.74, 6) is -0.289. The van der Waals surface area contributed by atoms with Crippen molar-refractivity contribution in [3.8, 4) is 0 Å². The second kappa shape index (κ2) is 12.1. The van der Waals surface area contributed by atoms with Crippen LogP contribution in [0.5, 0.6) is 0 Å². The van der Waals surface area contributed by atoms with Crippen molar-refractivity contribution in [2.75, 3.05) is 19.0 Å². The molecule has 1 saturated carbocycles. The molecule has 1 aromatic carbocycles. The average molecular weight is 362 g/mol. The molecule has 1 heterocycles. The SMILES string of the molecule is CC.CNC(=O)c1[nH]ncc1N(C)C1CCCCC1.Fc1ccccc1. The highest BCUT2D eigenvalue weighted by Gasteiger charge is 2.23. The van der Waals surface area contributed by atoms with Gasteiger partial charge in [0.15, 0.2) is 0 Å². The predicted molar refractivity (Wildman–Crippen MR) is 105 cm³/mol. The molecule has 6 heteroatoms. The summed E-state index contributed by atoms with van der Waals surface area (Å²) in [5, 5.41) is 9.38. The molecule has 1 aliphatic rings. The van der Waals surface area contributed by atoms with Gasteiger partial charge in [-0.25, -0.2) is 4.39 Å². The number of hydrogen-bond acceptors (Lipinski definition) is 3. The zero-order valence-corrected chi connectivity index (χ0v) is 16.3. The van der Waals surface area contributed by atoms with Gasteiger partial charge in [-0.2, -0.15) is 5.10 Å². The Hall–Kier alpha value is -2.37. The molecule has 144 valence electrons. The Balaban J connectivity index is 0.000000313. The highest BCUT2D eigenvalue weighted by Crippen LogP contribution is 2.27. The second-order valence-electron chi connectivity index (χ2n) is 5.91. The van der Waals surface area contributed by atoms with Gasteiger partial charge in [-0.05, 0) is 25.0 Å². The monoisotopic (exact) mass is 362 g/mol. The first-order valence-corrected chi connectivity index (χ1v) is 9.32. The predicted octanol–water partition coefficient (Wildman–Crippen LogP) is 4.39. The van der Waals surface area contributed by atoms with Crippen LogP contribution < -0.4 is 10.2 Å². The molecule has 0 saturated heterocycles. The number of rotatable bonds is 3. The number of halogens is 1. The molecule has 1 aliphatic carbocycles. The topological polar surface area (TPSA) is 61.0 Å². The van der Waals surface area contributed by atoms with Gasteiger partial charge in [-0.3, -0.25) is 9.89 Å². The summed E-state index contributed by atoms with van der Waals surface area (Å²) in [6.07, 6.45) is 8.03. The number of H-pyrrole nitrogens is 1. The Labute approximate surface area is 156 Å². The van der Waals surface area contributed by atoms with E-state index in [9.17, 15) is 9.18 Å². The number of benzene rings is 1. The van der Waals surface area contributed by atoms with Crippen LogP contribution in [0.1, 0.15) is 56.4 Å². The van der Waals surface area contributed by atoms with Crippen LogP contribution in [0.25, 0.3) is 0 Å². The summed E-state index contributed by atoms with van der Waals surface area (Å²) in [4.78, 5) is 13.9. The maximum atomic E-state index is 11.9. The van der Waals surface area contributed by atoms with Crippen molar-refractivity contribution >= 4 is 11.6 Å². The van der Waals surface area contributed by atoms with Crippen LogP contribution in [0.3, 0.4) is 0 Å². The van der Waals surface area contributed by atoms with Crippen LogP contribution >= 0.6 is 0 Å². The quantitative estimate of drug-likeness (QED) is 0.851. The molecule has 3 rings (SSSR count). The maximum Gasteiger partial charge on any atom is 0.271 e. The van der Waals surface area contributed by atoms with Crippen molar-refractivity contribution < 1.29 is 9.18 Å². The smallest absolute Gasteiger partial charge is 0.271 e. The minimum atomic E-state index is -0.178. The lowest BCUT2D eigenvalue weighted by Crippen LogP contribution is -2.34. The Kier molecular flexibility index (Phi) is 10.1. The summed E-state index contributed by atoms with van der Waals surface area (Å²) in [5.41, 5.74) is 1.46. The number of aromatic nitrogens is 2. The first-order valence-electron chi connectivity index (χ1n) is 9.32. The van der Waals surface area contributed by atoms with Gasteiger partial charge in [0.05, 0.1) is 11.9 Å². The van der Waals surface area contributed by atoms with Gasteiger partial charge in [-0.1, -0.05) is 51.3 Å². The van der Waals surface area contributed by atoms with Gasteiger partial charge < -0.3 is 10.2 Å². The largest absolute Gasteiger partial charge is 0.368 e. The van der Waals surface area contributed by atoms with E-state index >= 15 is 0 Å². The fraction of sp³-hybridized carbons (Fsp3) is 0.500. The highest BCUT2D eigenvalue weighted by atomic mass is 19.1. The normalized spacial score (nSPS) is 13.6. The molecule has 1 aromatic heterocycles. The molecular formula is C20H31FN4O. The zero-order valence-electron chi connectivity index (χ0n) is 16.3. The summed E-state index contributed by atoms with van der Waals surface area (Å²) >= 11 is 0. The van der Waals surface area contributed by atoms with Crippen molar-refractivity contribution in [2.24, 2.45) is 0 Å². The molecule has 2 N–H and O–H groups in total. The van der Waals surface area contributed by atoms with Crippen LogP contribution in [0, 0.1) is 5.82 Å². The highest BCUT2D eigenvalue weighted by molar-refractivity contribution is 5.97. The van der Waals surface area contributed by atoms with E-state index in [1.54, 1.807) is 31.4 Å². The van der Waals surface area contributed by atoms with E-state index in [4.69, 9.17) is 0 Å². The number of amides is 1. The standard InChI is InChI=1S/C12H20N4O.C6H5F.C2H6/c1-13-12(17)11-10(8-14-15-11)16(2)9-6-4-3-5-7-9;7-6-4-2-1-3-5-6;1-2/h8-9H,3-7H2,1-2H3,(H,13,17)(H,14,15);1-5H;1-2H3. The fourth-order valence-corrected chi connectivity index (χ4v) is 2.92. The molecule has 5 nitrogen and oxygen atoms in total. The van der Waals surface area contributed by atoms with E-state index in [0.29, 0.717) is 11.7 Å². The molecular weight excluding hydrogens is 331 g/mol. The lowest BCUT2D eigenvalue weighted by Gasteiger charge is -2.32. The van der Waals surface area contributed by atoms with Crippen molar-refractivity contribution in [1.82, 2.24) is 15.5 Å². The third-order valence-corrected chi connectivity index (χ3v) is 4.31. The van der Waals surface area contributed by atoms with Crippen LogP contribution in [0.2, 0.25) is 0 Å². The maximum absolute atomic E-state index is 11.9. The van der Waals surface area contributed by atoms with Gasteiger partial charge in [0.1, 0.15) is 11.5 Å². The van der Waals surface area contributed by atoms with E-state index in [2.05, 4.69) is 20.4 Å². The number of aromatic amines is 1. The number of carbonyl (C=O) groups is 1. The molecule has 0 atom stereocenters. The second-order valence-corrected chi connectivity index (χ2v) is 5.91. The summed E-state index contributed by atoms with van der Waals surface area (Å²) < 4.78 is 11.9. The number of nitrogens with one attached hydrogen (secondary N) is 2. The van der Waals surface area contributed by atoms with Gasteiger partial charge in [0, 0.05) is 20.1 Å². The van der Waals surface area contributed by atoms with Crippen LogP contribution in [0.15, 0.2) is 36.5 Å². The molecule has 2 aromatic rings. The number of nitrogens with zero attached hydrogens (tertiary/aromatic N) is 2. The molecule has 1 amide bonds. The number of carbonyl (C=O) groups excluding carboxylic acids is 1. The van der Waals surface area contributed by atoms with E-state index < -0.39 is 0 Å². The lowest BCUT2D eigenvalue weighted by atomic mass is 9.94. The molecule has 0 unspecified atom stereocenters. The van der Waals surface area contributed by atoms with Crippen LogP contribution in [0.4, 0.5) is 10.1 Å². The molecule has 1 fully saturated rings. The minimum absolute atomic E-state index is 0.111. The summed E-state index contributed by atoms with van der Waals surface area (Å²) in [6.45, 7) is 4.00. The van der Waals surface area contributed by atoms with Crippen LogP contribution in [-0.4, -0.2) is 36.2 Å². The minimum Gasteiger partial charge on any atom is -0.368 e.